The van der Waals surface area contributed by atoms with E-state index in [-0.39, 0.29) is 23.6 Å². The minimum atomic E-state index is -0.229. The number of hydrogen-bond acceptors (Lipinski definition) is 2. The molecule has 1 aromatic heterocycles. The minimum Gasteiger partial charge on any atom is -0.340 e. The Morgan fingerprint density at radius 2 is 2.05 bits per heavy atom. The fourth-order valence-corrected chi connectivity index (χ4v) is 3.65. The van der Waals surface area contributed by atoms with E-state index in [0.29, 0.717) is 6.54 Å². The van der Waals surface area contributed by atoms with Gasteiger partial charge in [0.25, 0.3) is 0 Å². The second-order valence-corrected chi connectivity index (χ2v) is 6.72. The van der Waals surface area contributed by atoms with E-state index < -0.39 is 0 Å². The fraction of sp³-hybridized carbons (Fsp3) is 0.353. The van der Waals surface area contributed by atoms with Crippen molar-refractivity contribution in [2.24, 2.45) is 5.92 Å². The number of carbonyl (C=O) groups excluding carboxylic acids is 1. The van der Waals surface area contributed by atoms with Crippen molar-refractivity contribution >= 4 is 17.2 Å². The molecule has 0 saturated heterocycles. The van der Waals surface area contributed by atoms with Crippen LogP contribution < -0.4 is 0 Å². The first kappa shape index (κ1) is 14.3. The highest BCUT2D eigenvalue weighted by Gasteiger charge is 2.45. The Balaban J connectivity index is 1.62. The van der Waals surface area contributed by atoms with E-state index in [0.717, 1.165) is 12.0 Å². The van der Waals surface area contributed by atoms with Crippen molar-refractivity contribution in [3.63, 3.8) is 0 Å². The molecule has 1 aliphatic rings. The van der Waals surface area contributed by atoms with E-state index in [1.165, 1.54) is 22.6 Å². The van der Waals surface area contributed by atoms with Crippen LogP contribution in [-0.4, -0.2) is 17.9 Å². The molecule has 2 atom stereocenters. The van der Waals surface area contributed by atoms with Crippen LogP contribution in [0.15, 0.2) is 35.7 Å². The Hall–Kier alpha value is -1.68. The summed E-state index contributed by atoms with van der Waals surface area (Å²) in [5, 5.41) is 2.06. The van der Waals surface area contributed by atoms with E-state index in [4.69, 9.17) is 0 Å². The van der Waals surface area contributed by atoms with Gasteiger partial charge in [0.15, 0.2) is 0 Å². The summed E-state index contributed by atoms with van der Waals surface area (Å²) in [4.78, 5) is 15.5. The highest BCUT2D eigenvalue weighted by molar-refractivity contribution is 7.10. The van der Waals surface area contributed by atoms with Gasteiger partial charge in [-0.15, -0.1) is 11.3 Å². The van der Waals surface area contributed by atoms with Crippen LogP contribution in [0, 0.1) is 18.7 Å². The number of aryl methyl sites for hydroxylation is 1. The van der Waals surface area contributed by atoms with Gasteiger partial charge in [0, 0.05) is 17.8 Å². The summed E-state index contributed by atoms with van der Waals surface area (Å²) in [5.41, 5.74) is 2.31. The molecule has 0 spiro atoms. The van der Waals surface area contributed by atoms with E-state index in [1.54, 1.807) is 23.5 Å². The Morgan fingerprint density at radius 1 is 1.33 bits per heavy atom. The smallest absolute Gasteiger partial charge is 0.226 e. The molecule has 0 radical (unpaired) electrons. The normalized spacial score (nSPS) is 20.3. The van der Waals surface area contributed by atoms with Crippen LogP contribution in [-0.2, 0) is 11.3 Å². The number of rotatable bonds is 4. The van der Waals surface area contributed by atoms with Crippen LogP contribution in [0.25, 0.3) is 0 Å². The average molecular weight is 303 g/mol. The molecular formula is C17H18FNOS. The molecular weight excluding hydrogens is 285 g/mol. The summed E-state index contributed by atoms with van der Waals surface area (Å²) in [7, 11) is 1.86. The van der Waals surface area contributed by atoms with Gasteiger partial charge in [-0.2, -0.15) is 0 Å². The highest BCUT2D eigenvalue weighted by atomic mass is 32.1. The van der Waals surface area contributed by atoms with Gasteiger partial charge in [-0.1, -0.05) is 12.1 Å². The van der Waals surface area contributed by atoms with Crippen LogP contribution >= 0.6 is 11.3 Å². The van der Waals surface area contributed by atoms with Crippen LogP contribution in [0.2, 0.25) is 0 Å². The summed E-state index contributed by atoms with van der Waals surface area (Å²) in [6, 6.07) is 8.59. The quantitative estimate of drug-likeness (QED) is 0.837. The zero-order valence-electron chi connectivity index (χ0n) is 12.2. The number of hydrogen-bond donors (Lipinski definition) is 0. The van der Waals surface area contributed by atoms with Crippen LogP contribution in [0.5, 0.6) is 0 Å². The second-order valence-electron chi connectivity index (χ2n) is 5.72. The average Bonchev–Trinajstić information content (AvgIpc) is 3.17. The van der Waals surface area contributed by atoms with Crippen LogP contribution in [0.3, 0.4) is 0 Å². The number of thiophene rings is 1. The van der Waals surface area contributed by atoms with Gasteiger partial charge in [0.2, 0.25) is 5.91 Å². The van der Waals surface area contributed by atoms with E-state index >= 15 is 0 Å². The molecule has 3 rings (SSSR count). The Kier molecular flexibility index (Phi) is 3.81. The van der Waals surface area contributed by atoms with Gasteiger partial charge < -0.3 is 4.90 Å². The molecule has 0 bridgehead atoms. The number of nitrogens with zero attached hydrogens (tertiary/aromatic N) is 1. The zero-order chi connectivity index (χ0) is 15.0. The third-order valence-corrected chi connectivity index (χ3v) is 5.14. The predicted octanol–water partition coefficient (Wildman–Crippen LogP) is 3.96. The number of amides is 1. The minimum absolute atomic E-state index is 0.0562. The zero-order valence-corrected chi connectivity index (χ0v) is 13.0. The maximum absolute atomic E-state index is 12.9. The topological polar surface area (TPSA) is 20.3 Å². The maximum atomic E-state index is 12.9. The first-order valence-corrected chi connectivity index (χ1v) is 7.97. The van der Waals surface area contributed by atoms with Crippen LogP contribution in [0.1, 0.15) is 28.3 Å². The molecule has 2 nitrogen and oxygen atoms in total. The summed E-state index contributed by atoms with van der Waals surface area (Å²) >= 11 is 1.69. The molecule has 110 valence electrons. The van der Waals surface area contributed by atoms with Crippen molar-refractivity contribution in [3.05, 3.63) is 57.5 Å². The molecule has 1 heterocycles. The monoisotopic (exact) mass is 303 g/mol. The lowest BCUT2D eigenvalue weighted by Crippen LogP contribution is -2.27. The first-order valence-electron chi connectivity index (χ1n) is 7.09. The predicted molar refractivity (Wildman–Crippen MR) is 82.8 cm³/mol. The maximum Gasteiger partial charge on any atom is 0.226 e. The molecule has 1 amide bonds. The molecule has 2 unspecified atom stereocenters. The largest absolute Gasteiger partial charge is 0.340 e. The molecule has 4 heteroatoms. The lowest BCUT2D eigenvalue weighted by molar-refractivity contribution is -0.131. The lowest BCUT2D eigenvalue weighted by atomic mass is 10.1. The van der Waals surface area contributed by atoms with Crippen molar-refractivity contribution in [3.8, 4) is 0 Å². The SMILES string of the molecule is Cc1ccsc1CN(C)C(=O)C1CC1c1ccc(F)cc1. The third-order valence-electron chi connectivity index (χ3n) is 4.13. The summed E-state index contributed by atoms with van der Waals surface area (Å²) in [6.07, 6.45) is 0.873. The number of benzene rings is 1. The van der Waals surface area contributed by atoms with Crippen molar-refractivity contribution in [1.29, 1.82) is 0 Å². The van der Waals surface area contributed by atoms with E-state index in [9.17, 15) is 9.18 Å². The fourth-order valence-electron chi connectivity index (χ4n) is 2.69. The van der Waals surface area contributed by atoms with Gasteiger partial charge in [0.05, 0.1) is 6.54 Å². The van der Waals surface area contributed by atoms with Gasteiger partial charge in [0.1, 0.15) is 5.82 Å². The number of carbonyl (C=O) groups is 1. The van der Waals surface area contributed by atoms with Gasteiger partial charge in [-0.05, 0) is 54.0 Å². The van der Waals surface area contributed by atoms with E-state index in [1.807, 2.05) is 11.9 Å². The van der Waals surface area contributed by atoms with Gasteiger partial charge >= 0.3 is 0 Å². The Morgan fingerprint density at radius 3 is 2.67 bits per heavy atom. The lowest BCUT2D eigenvalue weighted by Gasteiger charge is -2.17. The third kappa shape index (κ3) is 3.00. The molecule has 1 fully saturated rings. The molecule has 1 aliphatic carbocycles. The second kappa shape index (κ2) is 5.60. The summed E-state index contributed by atoms with van der Waals surface area (Å²) in [5.74, 6) is 0.274. The van der Waals surface area contributed by atoms with Gasteiger partial charge in [-0.25, -0.2) is 4.39 Å². The molecule has 21 heavy (non-hydrogen) atoms. The summed E-state index contributed by atoms with van der Waals surface area (Å²) in [6.45, 7) is 2.75. The van der Waals surface area contributed by atoms with Crippen LogP contribution in [0.4, 0.5) is 4.39 Å². The Labute approximate surface area is 128 Å². The highest BCUT2D eigenvalue weighted by Crippen LogP contribution is 2.48. The molecule has 1 saturated carbocycles. The van der Waals surface area contributed by atoms with Crippen molar-refractivity contribution in [1.82, 2.24) is 4.90 Å². The first-order chi connectivity index (χ1) is 10.1. The van der Waals surface area contributed by atoms with Crippen molar-refractivity contribution in [2.75, 3.05) is 7.05 Å². The van der Waals surface area contributed by atoms with Crippen molar-refractivity contribution < 1.29 is 9.18 Å². The number of halogens is 1. The molecule has 2 aromatic rings. The summed E-state index contributed by atoms with van der Waals surface area (Å²) < 4.78 is 12.9. The molecule has 0 N–H and O–H groups in total. The Bertz CT molecular complexity index is 649. The van der Waals surface area contributed by atoms with E-state index in [2.05, 4.69) is 18.4 Å². The molecule has 1 aromatic carbocycles. The van der Waals surface area contributed by atoms with Crippen molar-refractivity contribution in [2.45, 2.75) is 25.8 Å². The van der Waals surface area contributed by atoms with Gasteiger partial charge in [-0.3, -0.25) is 4.79 Å². The standard InChI is InChI=1S/C17H18FNOS/c1-11-7-8-21-16(11)10-19(2)17(20)15-9-14(15)12-3-5-13(18)6-4-12/h3-8,14-15H,9-10H2,1-2H3. The molecule has 0 aliphatic heterocycles.